The molecule has 2 nitrogen and oxygen atoms in total. The molecular formula is C11H20N2. The van der Waals surface area contributed by atoms with E-state index in [2.05, 4.69) is 19.9 Å². The number of hydrogen-bond acceptors (Lipinski definition) is 2. The Morgan fingerprint density at radius 2 is 1.85 bits per heavy atom. The van der Waals surface area contributed by atoms with Crippen LogP contribution in [0.15, 0.2) is 0 Å². The van der Waals surface area contributed by atoms with Crippen LogP contribution in [0.3, 0.4) is 0 Å². The van der Waals surface area contributed by atoms with Gasteiger partial charge in [0.25, 0.3) is 0 Å². The zero-order valence-electron chi connectivity index (χ0n) is 8.66. The smallest absolute Gasteiger partial charge is 0.0674 e. The predicted octanol–water partition coefficient (Wildman–Crippen LogP) is 2.30. The van der Waals surface area contributed by atoms with E-state index in [1.807, 2.05) is 0 Å². The maximum atomic E-state index is 9.00. The van der Waals surface area contributed by atoms with Gasteiger partial charge in [0.05, 0.1) is 12.0 Å². The summed E-state index contributed by atoms with van der Waals surface area (Å²) in [7, 11) is 0. The summed E-state index contributed by atoms with van der Waals surface area (Å²) in [5.74, 6) is 1.04. The maximum Gasteiger partial charge on any atom is 0.0674 e. The summed E-state index contributed by atoms with van der Waals surface area (Å²) < 4.78 is 0. The van der Waals surface area contributed by atoms with Crippen LogP contribution in [-0.4, -0.2) is 6.04 Å². The fourth-order valence-corrected chi connectivity index (χ4v) is 2.32. The molecule has 74 valence electrons. The van der Waals surface area contributed by atoms with Gasteiger partial charge >= 0.3 is 0 Å². The summed E-state index contributed by atoms with van der Waals surface area (Å²) in [5.41, 5.74) is 6.11. The summed E-state index contributed by atoms with van der Waals surface area (Å²) in [4.78, 5) is 0. The second kappa shape index (κ2) is 4.62. The Labute approximate surface area is 81.1 Å². The topological polar surface area (TPSA) is 49.8 Å². The Kier molecular flexibility index (Phi) is 3.74. The van der Waals surface area contributed by atoms with Gasteiger partial charge in [0, 0.05) is 6.04 Å². The number of rotatable bonds is 3. The normalized spacial score (nSPS) is 23.0. The maximum absolute atomic E-state index is 9.00. The van der Waals surface area contributed by atoms with Gasteiger partial charge in [-0.3, -0.25) is 0 Å². The highest BCUT2D eigenvalue weighted by Gasteiger charge is 2.30. The van der Waals surface area contributed by atoms with Crippen molar-refractivity contribution in [2.75, 3.05) is 0 Å². The van der Waals surface area contributed by atoms with Gasteiger partial charge < -0.3 is 5.73 Å². The molecule has 2 unspecified atom stereocenters. The SMILES string of the molecule is CC(C)C(C#N)C(N)C1CCCC1. The zero-order chi connectivity index (χ0) is 9.84. The van der Waals surface area contributed by atoms with E-state index >= 15 is 0 Å². The molecule has 0 heterocycles. The van der Waals surface area contributed by atoms with Crippen LogP contribution >= 0.6 is 0 Å². The van der Waals surface area contributed by atoms with Crippen molar-refractivity contribution >= 4 is 0 Å². The van der Waals surface area contributed by atoms with Gasteiger partial charge in [0.2, 0.25) is 0 Å². The van der Waals surface area contributed by atoms with Gasteiger partial charge in [-0.2, -0.15) is 5.26 Å². The van der Waals surface area contributed by atoms with Crippen molar-refractivity contribution < 1.29 is 0 Å². The summed E-state index contributed by atoms with van der Waals surface area (Å²) in [6.07, 6.45) is 5.06. The van der Waals surface area contributed by atoms with E-state index in [0.29, 0.717) is 11.8 Å². The first-order valence-corrected chi connectivity index (χ1v) is 5.32. The lowest BCUT2D eigenvalue weighted by Crippen LogP contribution is -2.38. The van der Waals surface area contributed by atoms with Gasteiger partial charge in [-0.15, -0.1) is 0 Å². The fraction of sp³-hybridized carbons (Fsp3) is 0.909. The summed E-state index contributed by atoms with van der Waals surface area (Å²) in [6, 6.07) is 2.46. The Bertz CT molecular complexity index is 187. The molecule has 0 aromatic carbocycles. The van der Waals surface area contributed by atoms with Crippen molar-refractivity contribution in [3.63, 3.8) is 0 Å². The summed E-state index contributed by atoms with van der Waals surface area (Å²) in [5, 5.41) is 9.00. The summed E-state index contributed by atoms with van der Waals surface area (Å²) in [6.45, 7) is 4.17. The molecule has 1 rings (SSSR count). The minimum Gasteiger partial charge on any atom is -0.326 e. The van der Waals surface area contributed by atoms with E-state index in [1.165, 1.54) is 25.7 Å². The lowest BCUT2D eigenvalue weighted by Gasteiger charge is -2.26. The van der Waals surface area contributed by atoms with Crippen LogP contribution in [0.2, 0.25) is 0 Å². The number of nitriles is 1. The Balaban J connectivity index is 2.53. The van der Waals surface area contributed by atoms with Crippen molar-refractivity contribution in [1.82, 2.24) is 0 Å². The number of nitrogens with zero attached hydrogens (tertiary/aromatic N) is 1. The standard InChI is InChI=1S/C11H20N2/c1-8(2)10(7-12)11(13)9-5-3-4-6-9/h8-11H,3-6,13H2,1-2H3. The molecular weight excluding hydrogens is 160 g/mol. The van der Waals surface area contributed by atoms with E-state index < -0.39 is 0 Å². The van der Waals surface area contributed by atoms with Crippen LogP contribution in [0.5, 0.6) is 0 Å². The third-order valence-electron chi connectivity index (χ3n) is 3.23. The van der Waals surface area contributed by atoms with Crippen LogP contribution in [0.4, 0.5) is 0 Å². The number of nitrogens with two attached hydrogens (primary N) is 1. The highest BCUT2D eigenvalue weighted by atomic mass is 14.7. The average Bonchev–Trinajstić information content (AvgIpc) is 2.56. The first-order valence-electron chi connectivity index (χ1n) is 5.32. The first kappa shape index (κ1) is 10.5. The lowest BCUT2D eigenvalue weighted by atomic mass is 9.82. The highest BCUT2D eigenvalue weighted by Crippen LogP contribution is 2.31. The second-order valence-electron chi connectivity index (χ2n) is 4.52. The van der Waals surface area contributed by atoms with Crippen molar-refractivity contribution in [1.29, 1.82) is 5.26 Å². The van der Waals surface area contributed by atoms with Crippen molar-refractivity contribution in [3.05, 3.63) is 0 Å². The van der Waals surface area contributed by atoms with Gasteiger partial charge in [-0.25, -0.2) is 0 Å². The molecule has 0 radical (unpaired) electrons. The Morgan fingerprint density at radius 1 is 1.31 bits per heavy atom. The molecule has 2 N–H and O–H groups in total. The van der Waals surface area contributed by atoms with Gasteiger partial charge in [0.15, 0.2) is 0 Å². The van der Waals surface area contributed by atoms with Crippen molar-refractivity contribution in [2.24, 2.45) is 23.5 Å². The molecule has 0 spiro atoms. The predicted molar refractivity (Wildman–Crippen MR) is 53.9 cm³/mol. The van der Waals surface area contributed by atoms with E-state index in [-0.39, 0.29) is 12.0 Å². The van der Waals surface area contributed by atoms with Crippen LogP contribution in [0, 0.1) is 29.1 Å². The molecule has 2 atom stereocenters. The number of hydrogen-bond donors (Lipinski definition) is 1. The molecule has 2 heteroatoms. The minimum absolute atomic E-state index is 0.0445. The van der Waals surface area contributed by atoms with E-state index in [4.69, 9.17) is 11.0 Å². The van der Waals surface area contributed by atoms with E-state index in [1.54, 1.807) is 0 Å². The quantitative estimate of drug-likeness (QED) is 0.724. The van der Waals surface area contributed by atoms with Crippen LogP contribution in [0.1, 0.15) is 39.5 Å². The molecule has 1 aliphatic carbocycles. The second-order valence-corrected chi connectivity index (χ2v) is 4.52. The fourth-order valence-electron chi connectivity index (χ4n) is 2.32. The van der Waals surface area contributed by atoms with Gasteiger partial charge in [-0.1, -0.05) is 26.7 Å². The average molecular weight is 180 g/mol. The molecule has 1 aliphatic rings. The Hall–Kier alpha value is -0.550. The zero-order valence-corrected chi connectivity index (χ0v) is 8.66. The van der Waals surface area contributed by atoms with Crippen molar-refractivity contribution in [3.8, 4) is 6.07 Å². The molecule has 0 saturated heterocycles. The highest BCUT2D eigenvalue weighted by molar-refractivity contribution is 4.96. The molecule has 0 aromatic heterocycles. The molecule has 0 bridgehead atoms. The molecule has 0 aromatic rings. The third-order valence-corrected chi connectivity index (χ3v) is 3.23. The molecule has 13 heavy (non-hydrogen) atoms. The van der Waals surface area contributed by atoms with Gasteiger partial charge in [-0.05, 0) is 24.7 Å². The largest absolute Gasteiger partial charge is 0.326 e. The van der Waals surface area contributed by atoms with Crippen molar-refractivity contribution in [2.45, 2.75) is 45.6 Å². The molecule has 0 aliphatic heterocycles. The first-order chi connectivity index (χ1) is 6.16. The third kappa shape index (κ3) is 2.45. The monoisotopic (exact) mass is 180 g/mol. The van der Waals surface area contributed by atoms with Crippen LogP contribution in [0.25, 0.3) is 0 Å². The minimum atomic E-state index is 0.0445. The van der Waals surface area contributed by atoms with Crippen LogP contribution < -0.4 is 5.73 Å². The Morgan fingerprint density at radius 3 is 2.23 bits per heavy atom. The van der Waals surface area contributed by atoms with E-state index in [9.17, 15) is 0 Å². The van der Waals surface area contributed by atoms with Crippen LogP contribution in [-0.2, 0) is 0 Å². The summed E-state index contributed by atoms with van der Waals surface area (Å²) >= 11 is 0. The molecule has 1 saturated carbocycles. The van der Waals surface area contributed by atoms with E-state index in [0.717, 1.165) is 0 Å². The lowest BCUT2D eigenvalue weighted by molar-refractivity contribution is 0.303. The molecule has 0 amide bonds. The molecule has 1 fully saturated rings. The van der Waals surface area contributed by atoms with Gasteiger partial charge in [0.1, 0.15) is 0 Å².